The Morgan fingerprint density at radius 2 is 1.86 bits per heavy atom. The van der Waals surface area contributed by atoms with Gasteiger partial charge in [0.15, 0.2) is 5.43 Å². The van der Waals surface area contributed by atoms with Crippen molar-refractivity contribution in [2.75, 3.05) is 0 Å². The number of carbonyl (C=O) groups excluding carboxylic acids is 1. The number of phenols is 1. The second-order valence-electron chi connectivity index (χ2n) is 4.78. The number of fused-ring (bicyclic) bond motifs is 1. The minimum Gasteiger partial charge on any atom is -0.508 e. The van der Waals surface area contributed by atoms with Gasteiger partial charge in [0.05, 0.1) is 10.9 Å². The Morgan fingerprint density at radius 1 is 1.14 bits per heavy atom. The van der Waals surface area contributed by atoms with E-state index in [0.717, 1.165) is 0 Å². The first-order valence-electron chi connectivity index (χ1n) is 6.58. The quantitative estimate of drug-likeness (QED) is 0.581. The van der Waals surface area contributed by atoms with Gasteiger partial charge in [0.2, 0.25) is 0 Å². The number of rotatable bonds is 2. The summed E-state index contributed by atoms with van der Waals surface area (Å²) in [6, 6.07) is 10.9. The summed E-state index contributed by atoms with van der Waals surface area (Å²) in [5, 5.41) is 9.79. The highest BCUT2D eigenvalue weighted by molar-refractivity contribution is 5.82. The van der Waals surface area contributed by atoms with Crippen molar-refractivity contribution >= 4 is 16.9 Å². The van der Waals surface area contributed by atoms with E-state index < -0.39 is 5.97 Å². The Hall–Kier alpha value is -3.08. The molecule has 0 radical (unpaired) electrons. The molecular weight excluding hydrogens is 284 g/mol. The lowest BCUT2D eigenvalue weighted by molar-refractivity contribution is -0.131. The Morgan fingerprint density at radius 3 is 2.55 bits per heavy atom. The number of hydrogen-bond acceptors (Lipinski definition) is 5. The van der Waals surface area contributed by atoms with Gasteiger partial charge < -0.3 is 14.3 Å². The molecule has 0 amide bonds. The molecule has 0 bridgehead atoms. The van der Waals surface area contributed by atoms with Crippen molar-refractivity contribution in [1.29, 1.82) is 0 Å². The average molecular weight is 296 g/mol. The van der Waals surface area contributed by atoms with Gasteiger partial charge in [-0.2, -0.15) is 0 Å². The maximum absolute atomic E-state index is 12.5. The predicted octanol–water partition coefficient (Wildman–Crippen LogP) is 3.09. The molecule has 0 aliphatic rings. The molecule has 0 spiro atoms. The van der Waals surface area contributed by atoms with Gasteiger partial charge in [-0.25, -0.2) is 0 Å². The molecule has 22 heavy (non-hydrogen) atoms. The number of ether oxygens (including phenoxy) is 1. The molecule has 0 saturated heterocycles. The molecule has 0 aliphatic heterocycles. The van der Waals surface area contributed by atoms with Crippen LogP contribution in [0.5, 0.6) is 11.5 Å². The second kappa shape index (κ2) is 5.37. The fourth-order valence-corrected chi connectivity index (χ4v) is 2.18. The summed E-state index contributed by atoms with van der Waals surface area (Å²) in [4.78, 5) is 23.4. The second-order valence-corrected chi connectivity index (χ2v) is 4.78. The van der Waals surface area contributed by atoms with Gasteiger partial charge in [-0.15, -0.1) is 0 Å². The molecule has 110 valence electrons. The summed E-state index contributed by atoms with van der Waals surface area (Å²) in [6.45, 7) is 1.32. The normalized spacial score (nSPS) is 10.6. The van der Waals surface area contributed by atoms with E-state index in [2.05, 4.69) is 0 Å². The molecular formula is C17H12O5. The van der Waals surface area contributed by atoms with E-state index in [9.17, 15) is 14.7 Å². The van der Waals surface area contributed by atoms with Crippen molar-refractivity contribution < 1.29 is 19.1 Å². The number of carbonyl (C=O) groups is 1. The third-order valence-corrected chi connectivity index (χ3v) is 3.19. The lowest BCUT2D eigenvalue weighted by Gasteiger charge is -2.05. The molecule has 3 aromatic rings. The summed E-state index contributed by atoms with van der Waals surface area (Å²) in [5.74, 6) is 0.0401. The highest BCUT2D eigenvalue weighted by Gasteiger charge is 2.10. The summed E-state index contributed by atoms with van der Waals surface area (Å²) >= 11 is 0. The summed E-state index contributed by atoms with van der Waals surface area (Å²) in [6.07, 6.45) is 1.35. The van der Waals surface area contributed by atoms with Crippen LogP contribution >= 0.6 is 0 Å². The predicted molar refractivity (Wildman–Crippen MR) is 80.9 cm³/mol. The van der Waals surface area contributed by atoms with Crippen molar-refractivity contribution in [3.05, 3.63) is 59.0 Å². The highest BCUT2D eigenvalue weighted by Crippen LogP contribution is 2.24. The number of esters is 1. The minimum atomic E-state index is -0.405. The first-order chi connectivity index (χ1) is 10.5. The third kappa shape index (κ3) is 2.56. The van der Waals surface area contributed by atoms with E-state index in [-0.39, 0.29) is 11.2 Å². The zero-order chi connectivity index (χ0) is 15.7. The topological polar surface area (TPSA) is 76.7 Å². The monoisotopic (exact) mass is 296 g/mol. The van der Waals surface area contributed by atoms with Gasteiger partial charge in [0.25, 0.3) is 0 Å². The molecule has 1 N–H and O–H groups in total. The fraction of sp³-hybridized carbons (Fsp3) is 0.0588. The lowest BCUT2D eigenvalue weighted by Crippen LogP contribution is -2.05. The van der Waals surface area contributed by atoms with E-state index in [1.54, 1.807) is 24.3 Å². The number of phenolic OH excluding ortho intramolecular Hbond substituents is 1. The van der Waals surface area contributed by atoms with E-state index in [0.29, 0.717) is 27.8 Å². The Labute approximate surface area is 125 Å². The maximum atomic E-state index is 12.5. The summed E-state index contributed by atoms with van der Waals surface area (Å²) < 4.78 is 10.4. The van der Waals surface area contributed by atoms with Crippen LogP contribution in [0.3, 0.4) is 0 Å². The molecule has 5 heteroatoms. The van der Waals surface area contributed by atoms with Crippen LogP contribution in [0.4, 0.5) is 0 Å². The van der Waals surface area contributed by atoms with Gasteiger partial charge in [0, 0.05) is 13.0 Å². The maximum Gasteiger partial charge on any atom is 0.308 e. The van der Waals surface area contributed by atoms with Crippen molar-refractivity contribution in [2.24, 2.45) is 0 Å². The molecule has 0 fully saturated rings. The van der Waals surface area contributed by atoms with Gasteiger partial charge in [-0.05, 0) is 29.8 Å². The molecule has 1 heterocycles. The summed E-state index contributed by atoms with van der Waals surface area (Å²) in [5.41, 5.74) is 1.18. The third-order valence-electron chi connectivity index (χ3n) is 3.19. The average Bonchev–Trinajstić information content (AvgIpc) is 2.48. The first kappa shape index (κ1) is 13.9. The van der Waals surface area contributed by atoms with E-state index in [4.69, 9.17) is 9.15 Å². The molecule has 5 nitrogen and oxygen atoms in total. The number of benzene rings is 2. The van der Waals surface area contributed by atoms with Crippen LogP contribution in [0.25, 0.3) is 22.1 Å². The smallest absolute Gasteiger partial charge is 0.308 e. The van der Waals surface area contributed by atoms with Crippen LogP contribution < -0.4 is 10.2 Å². The SMILES string of the molecule is CC(=O)Oc1ccc(-c2coc3cc(O)ccc3c2=O)cc1. The van der Waals surface area contributed by atoms with Crippen LogP contribution in [-0.2, 0) is 4.79 Å². The zero-order valence-corrected chi connectivity index (χ0v) is 11.7. The molecule has 2 aromatic carbocycles. The van der Waals surface area contributed by atoms with Crippen molar-refractivity contribution in [3.8, 4) is 22.6 Å². The van der Waals surface area contributed by atoms with E-state index in [1.807, 2.05) is 0 Å². The first-order valence-corrected chi connectivity index (χ1v) is 6.58. The van der Waals surface area contributed by atoms with Crippen molar-refractivity contribution in [3.63, 3.8) is 0 Å². The molecule has 0 saturated carbocycles. The highest BCUT2D eigenvalue weighted by atomic mass is 16.5. The number of aromatic hydroxyl groups is 1. The van der Waals surface area contributed by atoms with Crippen LogP contribution in [-0.4, -0.2) is 11.1 Å². The molecule has 0 aliphatic carbocycles. The Kier molecular flexibility index (Phi) is 3.39. The van der Waals surface area contributed by atoms with Gasteiger partial charge >= 0.3 is 5.97 Å². The van der Waals surface area contributed by atoms with Crippen LogP contribution in [0, 0.1) is 0 Å². The van der Waals surface area contributed by atoms with E-state index in [1.165, 1.54) is 31.4 Å². The van der Waals surface area contributed by atoms with Gasteiger partial charge in [-0.3, -0.25) is 9.59 Å². The van der Waals surface area contributed by atoms with Gasteiger partial charge in [0.1, 0.15) is 23.3 Å². The standard InChI is InChI=1S/C17H12O5/c1-10(18)22-13-5-2-11(3-6-13)15-9-21-16-8-12(19)4-7-14(16)17(15)20/h2-9,19H,1H3. The van der Waals surface area contributed by atoms with Crippen LogP contribution in [0.15, 0.2) is 57.9 Å². The minimum absolute atomic E-state index is 0.0362. The Bertz CT molecular complexity index is 906. The molecule has 1 aromatic heterocycles. The van der Waals surface area contributed by atoms with Gasteiger partial charge in [-0.1, -0.05) is 12.1 Å². The largest absolute Gasteiger partial charge is 0.508 e. The zero-order valence-electron chi connectivity index (χ0n) is 11.7. The lowest BCUT2D eigenvalue weighted by atomic mass is 10.1. The fourth-order valence-electron chi connectivity index (χ4n) is 2.18. The molecule has 0 unspecified atom stereocenters. The molecule has 3 rings (SSSR count). The Balaban J connectivity index is 2.06. The molecule has 0 atom stereocenters. The summed E-state index contributed by atoms with van der Waals surface area (Å²) in [7, 11) is 0. The van der Waals surface area contributed by atoms with Crippen LogP contribution in [0.1, 0.15) is 6.92 Å². The van der Waals surface area contributed by atoms with Crippen molar-refractivity contribution in [1.82, 2.24) is 0 Å². The number of hydrogen-bond donors (Lipinski definition) is 1. The van der Waals surface area contributed by atoms with Crippen LogP contribution in [0.2, 0.25) is 0 Å². The van der Waals surface area contributed by atoms with E-state index >= 15 is 0 Å². The van der Waals surface area contributed by atoms with Crippen molar-refractivity contribution in [2.45, 2.75) is 6.92 Å².